The molecule has 1 heterocycles. The van der Waals surface area contributed by atoms with Gasteiger partial charge in [0.05, 0.1) is 12.3 Å². The van der Waals surface area contributed by atoms with Gasteiger partial charge in [-0.05, 0) is 31.0 Å². The molecule has 3 nitrogen and oxygen atoms in total. The molecule has 1 saturated carbocycles. The maximum Gasteiger partial charge on any atom is 0.177 e. The van der Waals surface area contributed by atoms with E-state index in [1.165, 1.54) is 32.1 Å². The number of hydrogen-bond donors (Lipinski definition) is 2. The van der Waals surface area contributed by atoms with Crippen LogP contribution in [0.4, 0.5) is 0 Å². The zero-order valence-corrected chi connectivity index (χ0v) is 9.72. The van der Waals surface area contributed by atoms with Crippen LogP contribution in [0.3, 0.4) is 0 Å². The molecule has 1 aromatic heterocycles. The second-order valence-corrected chi connectivity index (χ2v) is 4.74. The highest BCUT2D eigenvalue weighted by Crippen LogP contribution is 2.25. The highest BCUT2D eigenvalue weighted by Gasteiger charge is 2.15. The van der Waals surface area contributed by atoms with Crippen molar-refractivity contribution in [1.82, 2.24) is 9.55 Å². The van der Waals surface area contributed by atoms with Crippen LogP contribution in [0.5, 0.6) is 0 Å². The van der Waals surface area contributed by atoms with Crippen molar-refractivity contribution in [3.8, 4) is 0 Å². The van der Waals surface area contributed by atoms with Gasteiger partial charge in [-0.15, -0.1) is 0 Å². The Kier molecular flexibility index (Phi) is 3.59. The van der Waals surface area contributed by atoms with Gasteiger partial charge in [0.2, 0.25) is 0 Å². The highest BCUT2D eigenvalue weighted by molar-refractivity contribution is 7.71. The number of aliphatic hydroxyl groups is 1. The van der Waals surface area contributed by atoms with Crippen molar-refractivity contribution in [3.63, 3.8) is 0 Å². The van der Waals surface area contributed by atoms with Crippen molar-refractivity contribution < 1.29 is 5.11 Å². The normalized spacial score (nSPS) is 18.2. The van der Waals surface area contributed by atoms with E-state index in [4.69, 9.17) is 12.2 Å². The Morgan fingerprint density at radius 3 is 2.80 bits per heavy atom. The average Bonchev–Trinajstić information content (AvgIpc) is 2.62. The van der Waals surface area contributed by atoms with Crippen molar-refractivity contribution in [2.45, 2.75) is 45.3 Å². The number of aromatic amines is 1. The summed E-state index contributed by atoms with van der Waals surface area (Å²) in [7, 11) is 0. The van der Waals surface area contributed by atoms with E-state index in [1.54, 1.807) is 0 Å². The number of nitrogens with one attached hydrogen (secondary N) is 1. The van der Waals surface area contributed by atoms with Gasteiger partial charge in [-0.25, -0.2) is 0 Å². The van der Waals surface area contributed by atoms with Crippen LogP contribution in [-0.4, -0.2) is 14.7 Å². The smallest absolute Gasteiger partial charge is 0.177 e. The SMILES string of the molecule is OCc1c[nH]c(=S)n1CC1CCCCC1. The summed E-state index contributed by atoms with van der Waals surface area (Å²) in [5.41, 5.74) is 0.908. The lowest BCUT2D eigenvalue weighted by atomic mass is 9.89. The molecule has 0 bridgehead atoms. The summed E-state index contributed by atoms with van der Waals surface area (Å²) in [6.45, 7) is 1.04. The van der Waals surface area contributed by atoms with Crippen LogP contribution in [0.1, 0.15) is 37.8 Å². The molecular formula is C11H18N2OS. The van der Waals surface area contributed by atoms with Crippen molar-refractivity contribution in [1.29, 1.82) is 0 Å². The molecule has 15 heavy (non-hydrogen) atoms. The topological polar surface area (TPSA) is 40.9 Å². The lowest BCUT2D eigenvalue weighted by Gasteiger charge is -2.22. The molecule has 0 atom stereocenters. The first-order valence-corrected chi connectivity index (χ1v) is 6.10. The van der Waals surface area contributed by atoms with E-state index in [-0.39, 0.29) is 6.61 Å². The number of aliphatic hydroxyl groups excluding tert-OH is 1. The standard InChI is InChI=1S/C11H18N2OS/c14-8-10-6-12-11(15)13(10)7-9-4-2-1-3-5-9/h6,9,14H,1-5,7-8H2,(H,12,15). The first kappa shape index (κ1) is 10.9. The van der Waals surface area contributed by atoms with Gasteiger partial charge in [-0.1, -0.05) is 19.3 Å². The van der Waals surface area contributed by atoms with E-state index in [2.05, 4.69) is 4.98 Å². The molecule has 0 amide bonds. The van der Waals surface area contributed by atoms with Crippen LogP contribution in [-0.2, 0) is 13.2 Å². The third-order valence-electron chi connectivity index (χ3n) is 3.28. The third-order valence-corrected chi connectivity index (χ3v) is 3.62. The molecule has 0 radical (unpaired) electrons. The summed E-state index contributed by atoms with van der Waals surface area (Å²) in [6, 6.07) is 0. The molecule has 1 aromatic rings. The number of imidazole rings is 1. The van der Waals surface area contributed by atoms with Gasteiger partial charge in [-0.2, -0.15) is 0 Å². The second kappa shape index (κ2) is 4.94. The molecule has 1 aliphatic carbocycles. The minimum atomic E-state index is 0.0693. The van der Waals surface area contributed by atoms with Crippen LogP contribution in [0, 0.1) is 10.7 Å². The lowest BCUT2D eigenvalue weighted by Crippen LogP contribution is -2.15. The van der Waals surface area contributed by atoms with Crippen molar-refractivity contribution in [2.24, 2.45) is 5.92 Å². The van der Waals surface area contributed by atoms with E-state index in [9.17, 15) is 5.11 Å². The molecular weight excluding hydrogens is 208 g/mol. The minimum absolute atomic E-state index is 0.0693. The fraction of sp³-hybridized carbons (Fsp3) is 0.727. The zero-order valence-electron chi connectivity index (χ0n) is 8.91. The Balaban J connectivity index is 2.08. The highest BCUT2D eigenvalue weighted by atomic mass is 32.1. The Hall–Kier alpha value is -0.610. The summed E-state index contributed by atoms with van der Waals surface area (Å²) in [5.74, 6) is 0.742. The lowest BCUT2D eigenvalue weighted by molar-refractivity contribution is 0.259. The number of aromatic nitrogens is 2. The first-order chi connectivity index (χ1) is 7.31. The predicted molar refractivity (Wildman–Crippen MR) is 62.1 cm³/mol. The maximum absolute atomic E-state index is 9.17. The fourth-order valence-electron chi connectivity index (χ4n) is 2.39. The summed E-state index contributed by atoms with van der Waals surface area (Å²) in [6.07, 6.45) is 8.48. The molecule has 2 N–H and O–H groups in total. The van der Waals surface area contributed by atoms with Crippen LogP contribution in [0.2, 0.25) is 0 Å². The van der Waals surface area contributed by atoms with Crippen LogP contribution in [0.15, 0.2) is 6.20 Å². The summed E-state index contributed by atoms with van der Waals surface area (Å²) in [4.78, 5) is 3.00. The van der Waals surface area contributed by atoms with Crippen LogP contribution < -0.4 is 0 Å². The van der Waals surface area contributed by atoms with Gasteiger partial charge in [-0.3, -0.25) is 0 Å². The monoisotopic (exact) mass is 226 g/mol. The van der Waals surface area contributed by atoms with Gasteiger partial charge >= 0.3 is 0 Å². The molecule has 1 fully saturated rings. The Bertz CT molecular complexity index is 363. The van der Waals surface area contributed by atoms with Gasteiger partial charge in [0.25, 0.3) is 0 Å². The zero-order chi connectivity index (χ0) is 10.7. The number of H-pyrrole nitrogens is 1. The molecule has 0 aromatic carbocycles. The second-order valence-electron chi connectivity index (χ2n) is 4.36. The predicted octanol–water partition coefficient (Wildman–Crippen LogP) is 2.62. The van der Waals surface area contributed by atoms with Gasteiger partial charge < -0.3 is 14.7 Å². The van der Waals surface area contributed by atoms with E-state index < -0.39 is 0 Å². The molecule has 0 spiro atoms. The molecule has 84 valence electrons. The molecule has 0 saturated heterocycles. The van der Waals surface area contributed by atoms with E-state index >= 15 is 0 Å². The Morgan fingerprint density at radius 1 is 1.40 bits per heavy atom. The average molecular weight is 226 g/mol. The summed E-state index contributed by atoms with van der Waals surface area (Å²) in [5, 5.41) is 9.17. The number of nitrogens with zero attached hydrogens (tertiary/aromatic N) is 1. The summed E-state index contributed by atoms with van der Waals surface area (Å²) >= 11 is 5.20. The third kappa shape index (κ3) is 2.49. The Morgan fingerprint density at radius 2 is 2.13 bits per heavy atom. The largest absolute Gasteiger partial charge is 0.390 e. The quantitative estimate of drug-likeness (QED) is 0.778. The van der Waals surface area contributed by atoms with Crippen molar-refractivity contribution in [3.05, 3.63) is 16.7 Å². The molecule has 0 unspecified atom stereocenters. The summed E-state index contributed by atoms with van der Waals surface area (Å²) < 4.78 is 2.79. The van der Waals surface area contributed by atoms with Gasteiger partial charge in [0, 0.05) is 12.7 Å². The van der Waals surface area contributed by atoms with Gasteiger partial charge in [0.15, 0.2) is 4.77 Å². The molecule has 2 rings (SSSR count). The first-order valence-electron chi connectivity index (χ1n) is 5.69. The number of hydrogen-bond acceptors (Lipinski definition) is 2. The van der Waals surface area contributed by atoms with Gasteiger partial charge in [0.1, 0.15) is 0 Å². The van der Waals surface area contributed by atoms with Crippen molar-refractivity contribution >= 4 is 12.2 Å². The Labute approximate surface area is 95.1 Å². The van der Waals surface area contributed by atoms with Crippen LogP contribution >= 0.6 is 12.2 Å². The van der Waals surface area contributed by atoms with E-state index in [1.807, 2.05) is 10.8 Å². The van der Waals surface area contributed by atoms with Crippen molar-refractivity contribution in [2.75, 3.05) is 0 Å². The van der Waals surface area contributed by atoms with E-state index in [0.29, 0.717) is 0 Å². The van der Waals surface area contributed by atoms with Crippen LogP contribution in [0.25, 0.3) is 0 Å². The molecule has 1 aliphatic rings. The van der Waals surface area contributed by atoms with E-state index in [0.717, 1.165) is 22.9 Å². The molecule has 0 aliphatic heterocycles. The fourth-order valence-corrected chi connectivity index (χ4v) is 2.64. The molecule has 4 heteroatoms. The minimum Gasteiger partial charge on any atom is -0.390 e. The number of rotatable bonds is 3. The maximum atomic E-state index is 9.17.